The number of rotatable bonds is 6. The summed E-state index contributed by atoms with van der Waals surface area (Å²) in [5.74, 6) is 1.40. The largest absolute Gasteiger partial charge is 0.374 e. The lowest BCUT2D eigenvalue weighted by molar-refractivity contribution is 0.306. The van der Waals surface area contributed by atoms with E-state index < -0.39 is 0 Å². The third-order valence-electron chi connectivity index (χ3n) is 4.64. The third kappa shape index (κ3) is 4.48. The molecule has 0 unspecified atom stereocenters. The van der Waals surface area contributed by atoms with Crippen molar-refractivity contribution < 1.29 is 0 Å². The molecule has 2 aromatic rings. The summed E-state index contributed by atoms with van der Waals surface area (Å²) in [5, 5.41) is 0.722. The predicted octanol–water partition coefficient (Wildman–Crippen LogP) is 3.14. The maximum Gasteiger partial charge on any atom is 0.256 e. The van der Waals surface area contributed by atoms with Gasteiger partial charge in [0.15, 0.2) is 5.16 Å². The number of para-hydroxylation sites is 1. The molecule has 140 valence electrons. The van der Waals surface area contributed by atoms with E-state index in [0.717, 1.165) is 41.7 Å². The molecule has 0 spiro atoms. The maximum absolute atomic E-state index is 12.4. The molecular formula is C20H28N4OS. The highest BCUT2D eigenvalue weighted by Crippen LogP contribution is 2.27. The van der Waals surface area contributed by atoms with Crippen LogP contribution in [0, 0.1) is 5.92 Å². The molecule has 1 N–H and O–H groups in total. The van der Waals surface area contributed by atoms with E-state index in [-0.39, 0.29) is 5.56 Å². The highest BCUT2D eigenvalue weighted by Gasteiger charge is 2.19. The average Bonchev–Trinajstić information content (AvgIpc) is 2.60. The number of fused-ring (bicyclic) bond motifs is 1. The molecule has 0 radical (unpaired) electrons. The molecule has 1 aliphatic rings. The zero-order valence-corrected chi connectivity index (χ0v) is 16.9. The number of nitrogens with one attached hydrogen (secondary N) is 1. The van der Waals surface area contributed by atoms with Crippen LogP contribution >= 0.6 is 11.8 Å². The minimum Gasteiger partial charge on any atom is -0.374 e. The summed E-state index contributed by atoms with van der Waals surface area (Å²) in [6.07, 6.45) is 0.844. The molecule has 0 saturated heterocycles. The molecule has 2 heterocycles. The molecule has 0 amide bonds. The Kier molecular flexibility index (Phi) is 6.04. The van der Waals surface area contributed by atoms with E-state index in [0.29, 0.717) is 12.5 Å². The van der Waals surface area contributed by atoms with Gasteiger partial charge in [-0.25, -0.2) is 4.98 Å². The van der Waals surface area contributed by atoms with Gasteiger partial charge >= 0.3 is 0 Å². The second-order valence-corrected chi connectivity index (χ2v) is 8.44. The molecule has 1 aromatic heterocycles. The van der Waals surface area contributed by atoms with Crippen molar-refractivity contribution in [2.75, 3.05) is 32.1 Å². The van der Waals surface area contributed by atoms with E-state index in [4.69, 9.17) is 4.98 Å². The van der Waals surface area contributed by atoms with Gasteiger partial charge in [-0.3, -0.25) is 4.79 Å². The molecule has 1 aliphatic heterocycles. The van der Waals surface area contributed by atoms with Gasteiger partial charge in [-0.05, 0) is 24.6 Å². The number of H-pyrrole nitrogens is 1. The number of aromatic amines is 1. The van der Waals surface area contributed by atoms with E-state index in [1.54, 1.807) is 11.8 Å². The van der Waals surface area contributed by atoms with Gasteiger partial charge in [0.1, 0.15) is 0 Å². The van der Waals surface area contributed by atoms with Gasteiger partial charge in [0, 0.05) is 44.5 Å². The highest BCUT2D eigenvalue weighted by atomic mass is 32.2. The Morgan fingerprint density at radius 3 is 2.88 bits per heavy atom. The number of likely N-dealkylation sites (N-methyl/N-ethyl adjacent to an activating group) is 1. The number of hydrogen-bond acceptors (Lipinski definition) is 5. The van der Waals surface area contributed by atoms with Gasteiger partial charge in [-0.15, -0.1) is 0 Å². The maximum atomic E-state index is 12.4. The van der Waals surface area contributed by atoms with E-state index >= 15 is 0 Å². The number of aromatic nitrogens is 2. The summed E-state index contributed by atoms with van der Waals surface area (Å²) >= 11 is 1.60. The summed E-state index contributed by atoms with van der Waals surface area (Å²) in [6.45, 7) is 7.12. The number of thioether (sulfide) groups is 1. The lowest BCUT2D eigenvalue weighted by Gasteiger charge is -2.24. The minimum absolute atomic E-state index is 0.00857. The van der Waals surface area contributed by atoms with Gasteiger partial charge in [0.25, 0.3) is 5.56 Å². The number of nitrogens with zero attached hydrogens (tertiary/aromatic N) is 3. The van der Waals surface area contributed by atoms with Gasteiger partial charge in [0.2, 0.25) is 0 Å². The standard InChI is InChI=1S/C20H28N4OS/c1-14(2)11-24(4)18-8-6-5-7-15(18)13-26-20-21-17-9-10-23(3)12-16(17)19(25)22-20/h5-8,14H,9-13H2,1-4H3,(H,21,22,25). The molecule has 0 bridgehead atoms. The second kappa shape index (κ2) is 8.27. The van der Waals surface area contributed by atoms with Crippen LogP contribution in [-0.2, 0) is 18.7 Å². The Bertz CT molecular complexity index is 818. The van der Waals surface area contributed by atoms with Crippen LogP contribution < -0.4 is 10.5 Å². The fourth-order valence-electron chi connectivity index (χ4n) is 3.40. The van der Waals surface area contributed by atoms with Crippen LogP contribution in [0.1, 0.15) is 30.7 Å². The molecule has 6 heteroatoms. The van der Waals surface area contributed by atoms with Gasteiger partial charge < -0.3 is 14.8 Å². The van der Waals surface area contributed by atoms with Crippen LogP contribution in [0.25, 0.3) is 0 Å². The van der Waals surface area contributed by atoms with Crippen molar-refractivity contribution in [3.8, 4) is 0 Å². The Labute approximate surface area is 159 Å². The predicted molar refractivity (Wildman–Crippen MR) is 109 cm³/mol. The van der Waals surface area contributed by atoms with E-state index in [1.807, 2.05) is 7.05 Å². The first kappa shape index (κ1) is 19.0. The molecule has 0 fully saturated rings. The SMILES string of the molecule is CC(C)CN(C)c1ccccc1CSc1nc2c(c(=O)[nH]1)CN(C)CC2. The number of benzene rings is 1. The summed E-state index contributed by atoms with van der Waals surface area (Å²) in [5.41, 5.74) is 4.30. The van der Waals surface area contributed by atoms with Crippen LogP contribution in [-0.4, -0.2) is 42.1 Å². The van der Waals surface area contributed by atoms with Crippen molar-refractivity contribution in [2.24, 2.45) is 5.92 Å². The highest BCUT2D eigenvalue weighted by molar-refractivity contribution is 7.98. The lowest BCUT2D eigenvalue weighted by Crippen LogP contribution is -2.33. The quantitative estimate of drug-likeness (QED) is 0.624. The first-order valence-electron chi connectivity index (χ1n) is 9.16. The molecule has 3 rings (SSSR count). The van der Waals surface area contributed by atoms with Gasteiger partial charge in [-0.1, -0.05) is 43.8 Å². The summed E-state index contributed by atoms with van der Waals surface area (Å²) in [4.78, 5) is 24.5. The van der Waals surface area contributed by atoms with Crippen LogP contribution in [0.2, 0.25) is 0 Å². The number of anilines is 1. The van der Waals surface area contributed by atoms with Crippen LogP contribution in [0.4, 0.5) is 5.69 Å². The van der Waals surface area contributed by atoms with Crippen molar-refractivity contribution in [1.29, 1.82) is 0 Å². The Morgan fingerprint density at radius 1 is 1.35 bits per heavy atom. The fourth-order valence-corrected chi connectivity index (χ4v) is 4.28. The van der Waals surface area contributed by atoms with E-state index in [1.165, 1.54) is 11.3 Å². The molecule has 26 heavy (non-hydrogen) atoms. The van der Waals surface area contributed by atoms with Crippen LogP contribution in [0.15, 0.2) is 34.2 Å². The van der Waals surface area contributed by atoms with Crippen molar-refractivity contribution >= 4 is 17.4 Å². The Hall–Kier alpha value is -1.79. The smallest absolute Gasteiger partial charge is 0.256 e. The third-order valence-corrected chi connectivity index (χ3v) is 5.57. The Balaban J connectivity index is 1.76. The summed E-state index contributed by atoms with van der Waals surface area (Å²) in [6, 6.07) is 8.47. The molecule has 0 saturated carbocycles. The monoisotopic (exact) mass is 372 g/mol. The first-order valence-corrected chi connectivity index (χ1v) is 10.1. The van der Waals surface area contributed by atoms with E-state index in [9.17, 15) is 4.79 Å². The van der Waals surface area contributed by atoms with Crippen molar-refractivity contribution in [3.63, 3.8) is 0 Å². The van der Waals surface area contributed by atoms with Gasteiger partial charge in [0.05, 0.1) is 11.3 Å². The average molecular weight is 373 g/mol. The molecule has 5 nitrogen and oxygen atoms in total. The zero-order valence-electron chi connectivity index (χ0n) is 16.1. The topological polar surface area (TPSA) is 52.2 Å². The van der Waals surface area contributed by atoms with Crippen molar-refractivity contribution in [2.45, 2.75) is 37.7 Å². The van der Waals surface area contributed by atoms with E-state index in [2.05, 4.69) is 59.9 Å². The van der Waals surface area contributed by atoms with Crippen molar-refractivity contribution in [3.05, 3.63) is 51.4 Å². The second-order valence-electron chi connectivity index (χ2n) is 7.48. The summed E-state index contributed by atoms with van der Waals surface area (Å²) in [7, 11) is 4.18. The summed E-state index contributed by atoms with van der Waals surface area (Å²) < 4.78 is 0. The minimum atomic E-state index is 0.00857. The van der Waals surface area contributed by atoms with Gasteiger partial charge in [-0.2, -0.15) is 0 Å². The first-order chi connectivity index (χ1) is 12.4. The zero-order chi connectivity index (χ0) is 18.7. The molecular weight excluding hydrogens is 344 g/mol. The molecule has 0 atom stereocenters. The van der Waals surface area contributed by atoms with Crippen molar-refractivity contribution in [1.82, 2.24) is 14.9 Å². The number of hydrogen-bond donors (Lipinski definition) is 1. The lowest BCUT2D eigenvalue weighted by atomic mass is 10.1. The molecule has 0 aliphatic carbocycles. The van der Waals surface area contributed by atoms with Crippen LogP contribution in [0.5, 0.6) is 0 Å². The Morgan fingerprint density at radius 2 is 2.12 bits per heavy atom. The normalized spacial score (nSPS) is 14.5. The fraction of sp³-hybridized carbons (Fsp3) is 0.500. The van der Waals surface area contributed by atoms with Crippen LogP contribution in [0.3, 0.4) is 0 Å². The molecule has 1 aromatic carbocycles.